The number of aliphatic hydroxyl groups is 1. The summed E-state index contributed by atoms with van der Waals surface area (Å²) in [6, 6.07) is 1.41. The van der Waals surface area contributed by atoms with Crippen molar-refractivity contribution in [3.8, 4) is 17.6 Å². The average molecular weight is 481 g/mol. The van der Waals surface area contributed by atoms with Crippen LogP contribution in [0.25, 0.3) is 0 Å². The molecule has 1 aromatic rings. The number of ketones is 4. The number of benzene rings is 1. The van der Waals surface area contributed by atoms with E-state index in [1.807, 2.05) is 0 Å². The molecule has 2 saturated carbocycles. The first kappa shape index (κ1) is 24.3. The van der Waals surface area contributed by atoms with Crippen molar-refractivity contribution in [3.63, 3.8) is 0 Å². The number of hydrogen-bond donors (Lipinski definition) is 4. The van der Waals surface area contributed by atoms with Crippen LogP contribution in [0.5, 0.6) is 5.75 Å². The van der Waals surface area contributed by atoms with Crippen molar-refractivity contribution >= 4 is 34.9 Å². The minimum absolute atomic E-state index is 0.0447. The summed E-state index contributed by atoms with van der Waals surface area (Å²) in [5.41, 5.74) is 7.93. The molecule has 4 rings (SSSR count). The summed E-state index contributed by atoms with van der Waals surface area (Å²) in [6.45, 7) is 0. The van der Waals surface area contributed by atoms with Gasteiger partial charge in [-0.15, -0.1) is 0 Å². The van der Waals surface area contributed by atoms with Crippen molar-refractivity contribution in [2.75, 3.05) is 14.1 Å². The molecule has 3 aliphatic rings. The standard InChI is InChI=1S/C24H23N3O8/c1-27(2)18-12-8-10-7-11-9(4-6-14(25)29)3-5-13(28)16(11)19(30)15(10)21(32)24(12,35)22(33)17(20(18)31)23(26)34/h3,5,10,12,15,17-18,28,35H,7-8H2,1-2H3,(H2,25,29)(H2,26,34)/t10-,12-,15?,17?,18-,24-/m0/s1. The van der Waals surface area contributed by atoms with Gasteiger partial charge < -0.3 is 21.7 Å². The van der Waals surface area contributed by atoms with Crippen LogP contribution in [0.3, 0.4) is 0 Å². The summed E-state index contributed by atoms with van der Waals surface area (Å²) in [5.74, 6) is -7.47. The minimum Gasteiger partial charge on any atom is -0.507 e. The number of carbonyl (C=O) groups is 6. The van der Waals surface area contributed by atoms with Crippen LogP contribution in [0.15, 0.2) is 12.1 Å². The lowest BCUT2D eigenvalue weighted by Crippen LogP contribution is -2.74. The lowest BCUT2D eigenvalue weighted by molar-refractivity contribution is -0.181. The largest absolute Gasteiger partial charge is 0.507 e. The van der Waals surface area contributed by atoms with E-state index in [1.165, 1.54) is 31.1 Å². The van der Waals surface area contributed by atoms with E-state index in [0.717, 1.165) is 0 Å². The number of amides is 2. The molecule has 0 aromatic heterocycles. The first-order chi connectivity index (χ1) is 16.3. The van der Waals surface area contributed by atoms with E-state index < -0.39 is 76.0 Å². The summed E-state index contributed by atoms with van der Waals surface area (Å²) in [7, 11) is 3.01. The molecular formula is C24H23N3O8. The summed E-state index contributed by atoms with van der Waals surface area (Å²) >= 11 is 0. The zero-order valence-corrected chi connectivity index (χ0v) is 18.9. The Kier molecular flexibility index (Phi) is 5.62. The Morgan fingerprint density at radius 1 is 1.11 bits per heavy atom. The smallest absolute Gasteiger partial charge is 0.293 e. The van der Waals surface area contributed by atoms with Crippen molar-refractivity contribution in [1.29, 1.82) is 0 Å². The molecule has 0 heterocycles. The van der Waals surface area contributed by atoms with Crippen LogP contribution in [0.4, 0.5) is 0 Å². The van der Waals surface area contributed by atoms with Gasteiger partial charge in [-0.2, -0.15) is 0 Å². The van der Waals surface area contributed by atoms with E-state index in [2.05, 4.69) is 11.8 Å². The fraction of sp³-hybridized carbons (Fsp3) is 0.417. The first-order valence-corrected chi connectivity index (χ1v) is 10.8. The average Bonchev–Trinajstić information content (AvgIpc) is 2.75. The second-order valence-electron chi connectivity index (χ2n) is 9.39. The highest BCUT2D eigenvalue weighted by molar-refractivity contribution is 6.32. The van der Waals surface area contributed by atoms with E-state index >= 15 is 0 Å². The van der Waals surface area contributed by atoms with Gasteiger partial charge in [0, 0.05) is 11.5 Å². The molecular weight excluding hydrogens is 458 g/mol. The quantitative estimate of drug-likeness (QED) is 0.265. The summed E-state index contributed by atoms with van der Waals surface area (Å²) in [4.78, 5) is 77.9. The van der Waals surface area contributed by atoms with Crippen molar-refractivity contribution < 1.29 is 39.0 Å². The number of nitrogens with zero attached hydrogens (tertiary/aromatic N) is 1. The molecule has 35 heavy (non-hydrogen) atoms. The summed E-state index contributed by atoms with van der Waals surface area (Å²) < 4.78 is 0. The molecule has 11 heteroatoms. The van der Waals surface area contributed by atoms with Crippen LogP contribution in [-0.4, -0.2) is 75.8 Å². The molecule has 3 aliphatic carbocycles. The number of hydrogen-bond acceptors (Lipinski definition) is 9. The number of phenolic OH excluding ortho intramolecular Hbond substituents is 1. The Hall–Kier alpha value is -3.88. The predicted octanol–water partition coefficient (Wildman–Crippen LogP) is -2.30. The molecule has 0 radical (unpaired) electrons. The molecule has 182 valence electrons. The first-order valence-electron chi connectivity index (χ1n) is 10.8. The van der Waals surface area contributed by atoms with Gasteiger partial charge in [0.1, 0.15) is 5.75 Å². The SMILES string of the molecule is CN(C)[C@@H]1C(=O)C(C(N)=O)C(=O)[C@@]2(O)C(=O)C3C(=O)c4c(O)ccc(C#CC(N)=O)c4C[C@H]3C[C@@H]12. The molecule has 0 aliphatic heterocycles. The van der Waals surface area contributed by atoms with Crippen molar-refractivity contribution in [2.24, 2.45) is 35.1 Å². The van der Waals surface area contributed by atoms with Gasteiger partial charge in [0.05, 0.1) is 17.5 Å². The van der Waals surface area contributed by atoms with Gasteiger partial charge in [-0.3, -0.25) is 33.7 Å². The Balaban J connectivity index is 1.88. The van der Waals surface area contributed by atoms with Crippen LogP contribution in [0, 0.1) is 35.5 Å². The normalized spacial score (nSPS) is 31.7. The van der Waals surface area contributed by atoms with E-state index in [0.29, 0.717) is 5.56 Å². The number of Topliss-reactive ketones (excluding diaryl/α,β-unsaturated/α-hetero) is 4. The van der Waals surface area contributed by atoms with E-state index in [4.69, 9.17) is 11.5 Å². The molecule has 2 unspecified atom stereocenters. The maximum atomic E-state index is 13.7. The molecule has 11 nitrogen and oxygen atoms in total. The van der Waals surface area contributed by atoms with Crippen molar-refractivity contribution in [1.82, 2.24) is 4.90 Å². The molecule has 0 saturated heterocycles. The van der Waals surface area contributed by atoms with Gasteiger partial charge in [0.2, 0.25) is 5.91 Å². The molecule has 1 aromatic carbocycles. The number of primary amides is 2. The van der Waals surface area contributed by atoms with E-state index in [-0.39, 0.29) is 24.0 Å². The monoisotopic (exact) mass is 481 g/mol. The third kappa shape index (κ3) is 3.37. The molecule has 0 bridgehead atoms. The maximum absolute atomic E-state index is 13.7. The fourth-order valence-electron chi connectivity index (χ4n) is 5.85. The predicted molar refractivity (Wildman–Crippen MR) is 117 cm³/mol. The molecule has 6 N–H and O–H groups in total. The number of phenols is 1. The lowest BCUT2D eigenvalue weighted by atomic mass is 9.52. The number of nitrogens with two attached hydrogens (primary N) is 2. The highest BCUT2D eigenvalue weighted by Gasteiger charge is 2.69. The Morgan fingerprint density at radius 3 is 2.34 bits per heavy atom. The molecule has 2 fully saturated rings. The van der Waals surface area contributed by atoms with Gasteiger partial charge in [-0.1, -0.05) is 5.92 Å². The van der Waals surface area contributed by atoms with Crippen molar-refractivity contribution in [2.45, 2.75) is 24.5 Å². The van der Waals surface area contributed by atoms with Crippen LogP contribution in [0.1, 0.15) is 27.9 Å². The second-order valence-corrected chi connectivity index (χ2v) is 9.39. The number of rotatable bonds is 2. The van der Waals surface area contributed by atoms with Gasteiger partial charge in [0.25, 0.3) is 5.91 Å². The Morgan fingerprint density at radius 2 is 1.77 bits per heavy atom. The third-order valence-electron chi connectivity index (χ3n) is 7.27. The zero-order chi connectivity index (χ0) is 26.0. The number of fused-ring (bicyclic) bond motifs is 3. The highest BCUT2D eigenvalue weighted by Crippen LogP contribution is 2.50. The van der Waals surface area contributed by atoms with Crippen LogP contribution in [0.2, 0.25) is 0 Å². The summed E-state index contributed by atoms with van der Waals surface area (Å²) in [5, 5.41) is 21.9. The topological polar surface area (TPSA) is 198 Å². The minimum atomic E-state index is -2.78. The Bertz CT molecular complexity index is 1290. The lowest BCUT2D eigenvalue weighted by Gasteiger charge is -2.52. The molecule has 0 spiro atoms. The van der Waals surface area contributed by atoms with Crippen molar-refractivity contribution in [3.05, 3.63) is 28.8 Å². The fourth-order valence-corrected chi connectivity index (χ4v) is 5.85. The Labute approximate surface area is 199 Å². The van der Waals surface area contributed by atoms with Gasteiger partial charge >= 0.3 is 0 Å². The van der Waals surface area contributed by atoms with Crippen LogP contribution < -0.4 is 11.5 Å². The van der Waals surface area contributed by atoms with Gasteiger partial charge in [-0.25, -0.2) is 0 Å². The second kappa shape index (κ2) is 8.11. The van der Waals surface area contributed by atoms with Gasteiger partial charge in [0.15, 0.2) is 34.7 Å². The van der Waals surface area contributed by atoms with Crippen LogP contribution >= 0.6 is 0 Å². The highest BCUT2D eigenvalue weighted by atomic mass is 16.3. The summed E-state index contributed by atoms with van der Waals surface area (Å²) in [6.07, 6.45) is -0.0365. The molecule has 2 amide bonds. The molecule has 6 atom stereocenters. The van der Waals surface area contributed by atoms with Gasteiger partial charge in [-0.05, 0) is 56.5 Å². The maximum Gasteiger partial charge on any atom is 0.293 e. The number of aromatic hydroxyl groups is 1. The zero-order valence-electron chi connectivity index (χ0n) is 18.9. The van der Waals surface area contributed by atoms with E-state index in [9.17, 15) is 39.0 Å². The number of likely N-dealkylation sites (N-methyl/N-ethyl adjacent to an activating group) is 1. The number of carbonyl (C=O) groups excluding carboxylic acids is 6. The van der Waals surface area contributed by atoms with Crippen LogP contribution in [-0.2, 0) is 30.4 Å². The third-order valence-corrected chi connectivity index (χ3v) is 7.27. The van der Waals surface area contributed by atoms with E-state index in [1.54, 1.807) is 0 Å².